The molecule has 0 radical (unpaired) electrons. The summed E-state index contributed by atoms with van der Waals surface area (Å²) in [6.07, 6.45) is 0.459. The van der Waals surface area contributed by atoms with E-state index in [9.17, 15) is 31.5 Å². The Labute approximate surface area is 311 Å². The predicted molar refractivity (Wildman–Crippen MR) is 200 cm³/mol. The quantitative estimate of drug-likeness (QED) is 0.142. The van der Waals surface area contributed by atoms with Crippen LogP contribution in [-0.2, 0) is 50.8 Å². The molecular weight excluding hydrogens is 729 g/mol. The highest BCUT2D eigenvalue weighted by Gasteiger charge is 2.40. The molecule has 3 amide bonds. The number of nitrogens with zero attached hydrogens (tertiary/aromatic N) is 3. The molecule has 3 atom stereocenters. The first-order valence-electron chi connectivity index (χ1n) is 17.1. The van der Waals surface area contributed by atoms with Crippen LogP contribution in [0.15, 0.2) is 58.8 Å². The maximum Gasteiger partial charge on any atom is 0.321 e. The summed E-state index contributed by atoms with van der Waals surface area (Å²) in [5.74, 6) is -0.0436. The van der Waals surface area contributed by atoms with E-state index < -0.39 is 44.1 Å². The second-order valence-corrected chi connectivity index (χ2v) is 18.2. The molecule has 2 aromatic carbocycles. The molecule has 4 N–H and O–H groups in total. The van der Waals surface area contributed by atoms with Gasteiger partial charge < -0.3 is 25.0 Å². The van der Waals surface area contributed by atoms with E-state index in [2.05, 4.69) is 19.7 Å². The number of sulfonamides is 2. The highest BCUT2D eigenvalue weighted by atomic mass is 32.2. The van der Waals surface area contributed by atoms with E-state index in [-0.39, 0.29) is 55.4 Å². The average Bonchev–Trinajstić information content (AvgIpc) is 3.68. The largest absolute Gasteiger partial charge is 0.497 e. The molecule has 4 rings (SSSR count). The van der Waals surface area contributed by atoms with Gasteiger partial charge >= 0.3 is 6.03 Å². The molecule has 52 heavy (non-hydrogen) atoms. The van der Waals surface area contributed by atoms with Gasteiger partial charge in [-0.3, -0.25) is 4.79 Å². The summed E-state index contributed by atoms with van der Waals surface area (Å²) in [6, 6.07) is 11.9. The molecule has 0 unspecified atom stereocenters. The zero-order valence-corrected chi connectivity index (χ0v) is 32.9. The lowest BCUT2D eigenvalue weighted by atomic mass is 9.98. The number of thiazole rings is 1. The van der Waals surface area contributed by atoms with Crippen molar-refractivity contribution in [3.63, 3.8) is 0 Å². The van der Waals surface area contributed by atoms with Crippen LogP contribution in [-0.4, -0.2) is 99.9 Å². The summed E-state index contributed by atoms with van der Waals surface area (Å²) in [4.78, 5) is 35.3. The van der Waals surface area contributed by atoms with Gasteiger partial charge in [0.2, 0.25) is 26.0 Å². The number of hydrogen-bond acceptors (Lipinski definition) is 10. The van der Waals surface area contributed by atoms with Gasteiger partial charge in [0.15, 0.2) is 0 Å². The molecule has 14 nitrogen and oxygen atoms in total. The van der Waals surface area contributed by atoms with E-state index in [1.165, 1.54) is 29.4 Å². The van der Waals surface area contributed by atoms with Crippen LogP contribution < -0.4 is 19.5 Å². The number of amides is 3. The lowest BCUT2D eigenvalue weighted by molar-refractivity contribution is -0.128. The number of benzene rings is 2. The molecule has 1 fully saturated rings. The van der Waals surface area contributed by atoms with Crippen molar-refractivity contribution in [1.29, 1.82) is 0 Å². The monoisotopic (exact) mass is 778 g/mol. The zero-order chi connectivity index (χ0) is 38.2. The first-order chi connectivity index (χ1) is 24.5. The molecule has 1 saturated heterocycles. The smallest absolute Gasteiger partial charge is 0.321 e. The number of carbonyl (C=O) groups is 2. The topological polar surface area (TPSA) is 187 Å². The van der Waals surface area contributed by atoms with Crippen molar-refractivity contribution in [1.82, 2.24) is 29.5 Å². The fourth-order valence-corrected chi connectivity index (χ4v) is 8.58. The van der Waals surface area contributed by atoms with Gasteiger partial charge in [0.05, 0.1) is 49.2 Å². The Balaban J connectivity index is 1.48. The molecule has 17 heteroatoms. The van der Waals surface area contributed by atoms with Crippen LogP contribution in [0.3, 0.4) is 0 Å². The molecule has 0 bridgehead atoms. The third-order valence-corrected chi connectivity index (χ3v) is 11.6. The normalized spacial score (nSPS) is 15.7. The number of hydrogen-bond donors (Lipinski definition) is 4. The van der Waals surface area contributed by atoms with Gasteiger partial charge in [0.1, 0.15) is 16.8 Å². The van der Waals surface area contributed by atoms with Crippen LogP contribution in [0.25, 0.3) is 0 Å². The number of aromatic nitrogens is 1. The number of urea groups is 1. The van der Waals surface area contributed by atoms with Crippen LogP contribution in [0, 0.1) is 11.8 Å². The Morgan fingerprint density at radius 2 is 1.73 bits per heavy atom. The predicted octanol–water partition coefficient (Wildman–Crippen LogP) is 2.73. The first-order valence-corrected chi connectivity index (χ1v) is 21.3. The highest BCUT2D eigenvalue weighted by Crippen LogP contribution is 2.25. The number of rotatable bonds is 19. The van der Waals surface area contributed by atoms with Crippen LogP contribution in [0.2, 0.25) is 0 Å². The molecule has 0 aliphatic carbocycles. The van der Waals surface area contributed by atoms with Crippen LogP contribution in [0.4, 0.5) is 4.79 Å². The van der Waals surface area contributed by atoms with E-state index in [4.69, 9.17) is 4.74 Å². The summed E-state index contributed by atoms with van der Waals surface area (Å²) >= 11 is 1.28. The summed E-state index contributed by atoms with van der Waals surface area (Å²) in [5, 5.41) is 16.7. The first kappa shape index (κ1) is 41.2. The van der Waals surface area contributed by atoms with E-state index in [0.29, 0.717) is 35.0 Å². The van der Waals surface area contributed by atoms with E-state index in [1.807, 2.05) is 58.0 Å². The van der Waals surface area contributed by atoms with Gasteiger partial charge in [-0.05, 0) is 54.0 Å². The van der Waals surface area contributed by atoms with E-state index in [0.717, 1.165) is 11.8 Å². The van der Waals surface area contributed by atoms with Crippen molar-refractivity contribution in [2.45, 2.75) is 76.7 Å². The second kappa shape index (κ2) is 17.9. The number of aliphatic hydroxyl groups excluding tert-OH is 1. The summed E-state index contributed by atoms with van der Waals surface area (Å²) in [6.45, 7) is 8.16. The number of carbonyl (C=O) groups excluding carboxylic acids is 2. The average molecular weight is 779 g/mol. The van der Waals surface area contributed by atoms with Crippen LogP contribution >= 0.6 is 11.3 Å². The fraction of sp³-hybridized carbons (Fsp3) is 0.514. The summed E-state index contributed by atoms with van der Waals surface area (Å²) in [7, 11) is -5.92. The number of methoxy groups -OCH3 is 1. The Hall–Kier alpha value is -3.61. The molecule has 3 aromatic rings. The zero-order valence-electron chi connectivity index (χ0n) is 30.4. The number of nitrogens with one attached hydrogen (secondary N) is 3. The molecule has 286 valence electrons. The van der Waals surface area contributed by atoms with Crippen LogP contribution in [0.1, 0.15) is 49.5 Å². The summed E-state index contributed by atoms with van der Waals surface area (Å²) in [5.41, 5.74) is 2.02. The minimum atomic E-state index is -4.05. The molecule has 0 saturated carbocycles. The van der Waals surface area contributed by atoms with Crippen molar-refractivity contribution in [3.8, 4) is 5.75 Å². The van der Waals surface area contributed by atoms with Crippen molar-refractivity contribution >= 4 is 43.3 Å². The second-order valence-electron chi connectivity index (χ2n) is 13.7. The molecule has 1 aliphatic heterocycles. The Morgan fingerprint density at radius 3 is 2.37 bits per heavy atom. The van der Waals surface area contributed by atoms with Gasteiger partial charge in [-0.15, -0.1) is 11.3 Å². The molecule has 1 aromatic heterocycles. The standard InChI is InChI=1S/C35H50N6O8S3/c1-23(2)16-26-18-28(49-5)12-13-31(26)52(47,48)37-19-30(42)29(17-25-10-8-7-9-11-25)39-34(43)33(24(3)4)41-15-14-40(35(41)44)21-27-22-50-32(38-27)20-36-51(6,45)46/h7-13,18,22-24,29-30,33,36-37,42H,14-17,19-21H2,1-6H3,(H,39,43)/t29-,30+,33-/m0/s1. The van der Waals surface area contributed by atoms with Gasteiger partial charge in [-0.2, -0.15) is 0 Å². The number of ether oxygens (including phenoxy) is 1. The molecule has 0 spiro atoms. The van der Waals surface area contributed by atoms with Crippen molar-refractivity contribution in [2.24, 2.45) is 11.8 Å². The minimum Gasteiger partial charge on any atom is -0.497 e. The maximum atomic E-state index is 14.0. The third kappa shape index (κ3) is 11.4. The fourth-order valence-electron chi connectivity index (χ4n) is 6.08. The Bertz CT molecular complexity index is 1890. The number of aliphatic hydroxyl groups is 1. The van der Waals surface area contributed by atoms with Gasteiger partial charge in [0.25, 0.3) is 0 Å². The molecule has 1 aliphatic rings. The third-order valence-electron chi connectivity index (χ3n) is 8.56. The molecule has 2 heterocycles. The maximum absolute atomic E-state index is 14.0. The minimum absolute atomic E-state index is 0.0528. The lowest BCUT2D eigenvalue weighted by Crippen LogP contribution is -2.57. The summed E-state index contributed by atoms with van der Waals surface area (Å²) < 4.78 is 60.3. The SMILES string of the molecule is COc1ccc(S(=O)(=O)NC[C@@H](O)[C@H](Cc2ccccc2)NC(=O)[C@H](C(C)C)N2CCN(Cc3csc(CNS(C)(=O)=O)n3)C2=O)c(CC(C)C)c1. The lowest BCUT2D eigenvalue weighted by Gasteiger charge is -2.33. The van der Waals surface area contributed by atoms with E-state index in [1.54, 1.807) is 22.4 Å². The van der Waals surface area contributed by atoms with Gasteiger partial charge in [-0.25, -0.2) is 36.1 Å². The van der Waals surface area contributed by atoms with Crippen molar-refractivity contribution < 1.29 is 36.3 Å². The Morgan fingerprint density at radius 1 is 1.02 bits per heavy atom. The van der Waals surface area contributed by atoms with Crippen LogP contribution in [0.5, 0.6) is 5.75 Å². The molecular formula is C35H50N6O8S3. The Kier molecular flexibility index (Phi) is 14.2. The van der Waals surface area contributed by atoms with Crippen molar-refractivity contribution in [2.75, 3.05) is 33.0 Å². The highest BCUT2D eigenvalue weighted by molar-refractivity contribution is 7.89. The van der Waals surface area contributed by atoms with Gasteiger partial charge in [-0.1, -0.05) is 58.0 Å². The van der Waals surface area contributed by atoms with E-state index >= 15 is 0 Å². The van der Waals surface area contributed by atoms with Crippen molar-refractivity contribution in [3.05, 3.63) is 75.7 Å². The van der Waals surface area contributed by atoms with Gasteiger partial charge in [0, 0.05) is 25.0 Å².